The van der Waals surface area contributed by atoms with Gasteiger partial charge >= 0.3 is 5.97 Å². The summed E-state index contributed by atoms with van der Waals surface area (Å²) in [4.78, 5) is 11.4. The molecule has 4 heteroatoms. The standard InChI is InChI=1S/C11H20O2S2/c1-5-6-7-11(4,14)8-10(2,3)9(12)13-15/h6-7,14-15H,5,8H2,1-4H3/b7-6+. The monoisotopic (exact) mass is 248 g/mol. The van der Waals surface area contributed by atoms with E-state index in [1.54, 1.807) is 0 Å². The second-order valence-electron chi connectivity index (χ2n) is 4.61. The maximum absolute atomic E-state index is 11.4. The van der Waals surface area contributed by atoms with Crippen LogP contribution in [-0.4, -0.2) is 10.7 Å². The average Bonchev–Trinajstić information content (AvgIpc) is 2.11. The molecule has 0 aliphatic heterocycles. The number of carbonyl (C=O) groups is 1. The molecule has 0 aliphatic rings. The van der Waals surface area contributed by atoms with E-state index in [4.69, 9.17) is 0 Å². The minimum Gasteiger partial charge on any atom is -0.394 e. The summed E-state index contributed by atoms with van der Waals surface area (Å²) in [7, 11) is 0. The van der Waals surface area contributed by atoms with Crippen molar-refractivity contribution in [2.75, 3.05) is 0 Å². The number of rotatable bonds is 5. The third kappa shape index (κ3) is 5.52. The summed E-state index contributed by atoms with van der Waals surface area (Å²) in [5, 5.41) is 0. The zero-order valence-corrected chi connectivity index (χ0v) is 11.6. The minimum absolute atomic E-state index is 0.304. The van der Waals surface area contributed by atoms with Crippen molar-refractivity contribution in [3.8, 4) is 0 Å². The predicted octanol–water partition coefficient (Wildman–Crippen LogP) is 3.45. The fourth-order valence-electron chi connectivity index (χ4n) is 1.52. The molecule has 0 spiro atoms. The Hall–Kier alpha value is -0.0900. The lowest BCUT2D eigenvalue weighted by Crippen LogP contribution is -2.32. The Bertz CT molecular complexity index is 245. The SMILES string of the molecule is CC/C=C/C(C)(S)CC(C)(C)C(=O)OS. The molecule has 15 heavy (non-hydrogen) atoms. The van der Waals surface area contributed by atoms with Crippen molar-refractivity contribution in [2.24, 2.45) is 5.41 Å². The molecule has 0 aliphatic carbocycles. The topological polar surface area (TPSA) is 26.3 Å². The van der Waals surface area contributed by atoms with Gasteiger partial charge in [-0.15, -0.1) is 0 Å². The molecule has 0 aromatic heterocycles. The second-order valence-corrected chi connectivity index (χ2v) is 5.81. The quantitative estimate of drug-likeness (QED) is 0.443. The molecular weight excluding hydrogens is 228 g/mol. The van der Waals surface area contributed by atoms with Crippen LogP contribution < -0.4 is 0 Å². The van der Waals surface area contributed by atoms with E-state index >= 15 is 0 Å². The summed E-state index contributed by atoms with van der Waals surface area (Å²) < 4.78 is 4.16. The van der Waals surface area contributed by atoms with Crippen molar-refractivity contribution in [1.29, 1.82) is 0 Å². The first-order chi connectivity index (χ1) is 6.75. The Balaban J connectivity index is 4.56. The zero-order chi connectivity index (χ0) is 12.1. The van der Waals surface area contributed by atoms with Gasteiger partial charge in [-0.1, -0.05) is 19.1 Å². The molecule has 1 atom stereocenters. The predicted molar refractivity (Wildman–Crippen MR) is 70.3 cm³/mol. The van der Waals surface area contributed by atoms with E-state index < -0.39 is 5.41 Å². The number of carbonyl (C=O) groups excluding carboxylic acids is 1. The molecule has 88 valence electrons. The third-order valence-corrected chi connectivity index (χ3v) is 2.62. The van der Waals surface area contributed by atoms with Gasteiger partial charge in [0, 0.05) is 17.7 Å². The van der Waals surface area contributed by atoms with Crippen LogP contribution in [-0.2, 0) is 8.98 Å². The van der Waals surface area contributed by atoms with Crippen LogP contribution in [0.4, 0.5) is 0 Å². The number of allylic oxidation sites excluding steroid dienone is 1. The van der Waals surface area contributed by atoms with Crippen molar-refractivity contribution in [3.63, 3.8) is 0 Å². The van der Waals surface area contributed by atoms with Gasteiger partial charge in [-0.2, -0.15) is 12.6 Å². The minimum atomic E-state index is -0.573. The molecule has 0 bridgehead atoms. The molecule has 0 N–H and O–H groups in total. The highest BCUT2D eigenvalue weighted by Crippen LogP contribution is 2.34. The van der Waals surface area contributed by atoms with Gasteiger partial charge in [-0.3, -0.25) is 4.79 Å². The van der Waals surface area contributed by atoms with E-state index in [1.165, 1.54) is 0 Å². The summed E-state index contributed by atoms with van der Waals surface area (Å²) >= 11 is 8.06. The van der Waals surface area contributed by atoms with Gasteiger partial charge in [0.2, 0.25) is 0 Å². The molecule has 1 unspecified atom stereocenters. The Morgan fingerprint density at radius 1 is 1.40 bits per heavy atom. The molecule has 2 nitrogen and oxygen atoms in total. The summed E-state index contributed by atoms with van der Waals surface area (Å²) in [5.74, 6) is -0.323. The molecule has 0 saturated heterocycles. The molecule has 0 amide bonds. The molecule has 0 heterocycles. The van der Waals surface area contributed by atoms with Crippen LogP contribution in [0.3, 0.4) is 0 Å². The summed E-state index contributed by atoms with van der Waals surface area (Å²) in [5.41, 5.74) is -0.573. The lowest BCUT2D eigenvalue weighted by molar-refractivity contribution is -0.142. The molecule has 0 rings (SSSR count). The summed E-state index contributed by atoms with van der Waals surface area (Å²) in [6.45, 7) is 7.71. The first-order valence-electron chi connectivity index (χ1n) is 5.01. The van der Waals surface area contributed by atoms with E-state index in [2.05, 4.69) is 42.7 Å². The molecular formula is C11H20O2S2. The third-order valence-electron chi connectivity index (χ3n) is 2.15. The number of hydrogen-bond acceptors (Lipinski definition) is 4. The van der Waals surface area contributed by atoms with Crippen LogP contribution in [0.2, 0.25) is 0 Å². The molecule has 0 fully saturated rings. The van der Waals surface area contributed by atoms with Gasteiger partial charge in [-0.05, 0) is 33.6 Å². The van der Waals surface area contributed by atoms with Crippen LogP contribution in [0.25, 0.3) is 0 Å². The normalized spacial score (nSPS) is 16.4. The van der Waals surface area contributed by atoms with Crippen molar-refractivity contribution < 1.29 is 8.98 Å². The summed E-state index contributed by atoms with van der Waals surface area (Å²) in [6.07, 6.45) is 5.64. The Labute approximate surface area is 103 Å². The van der Waals surface area contributed by atoms with Gasteiger partial charge in [0.1, 0.15) is 0 Å². The highest BCUT2D eigenvalue weighted by Gasteiger charge is 2.35. The van der Waals surface area contributed by atoms with Crippen molar-refractivity contribution >= 4 is 31.5 Å². The van der Waals surface area contributed by atoms with Gasteiger partial charge in [-0.25, -0.2) is 0 Å². The van der Waals surface area contributed by atoms with Crippen LogP contribution in [0.15, 0.2) is 12.2 Å². The summed E-state index contributed by atoms with van der Waals surface area (Å²) in [6, 6.07) is 0. The largest absolute Gasteiger partial charge is 0.394 e. The lowest BCUT2D eigenvalue weighted by Gasteiger charge is -2.29. The maximum atomic E-state index is 11.4. The van der Waals surface area contributed by atoms with E-state index in [-0.39, 0.29) is 10.7 Å². The Morgan fingerprint density at radius 3 is 2.33 bits per heavy atom. The van der Waals surface area contributed by atoms with Gasteiger partial charge in [0.15, 0.2) is 0 Å². The first-order valence-corrected chi connectivity index (χ1v) is 5.82. The van der Waals surface area contributed by atoms with Gasteiger partial charge in [0.05, 0.1) is 5.41 Å². The highest BCUT2D eigenvalue weighted by atomic mass is 32.1. The second kappa shape index (κ2) is 5.85. The zero-order valence-electron chi connectivity index (χ0n) is 9.78. The maximum Gasteiger partial charge on any atom is 0.323 e. The van der Waals surface area contributed by atoms with Crippen molar-refractivity contribution in [3.05, 3.63) is 12.2 Å². The highest BCUT2D eigenvalue weighted by molar-refractivity contribution is 7.82. The van der Waals surface area contributed by atoms with Crippen molar-refractivity contribution in [1.82, 2.24) is 0 Å². The molecule has 0 saturated carbocycles. The molecule has 0 aromatic rings. The fraction of sp³-hybridized carbons (Fsp3) is 0.727. The van der Waals surface area contributed by atoms with Crippen LogP contribution in [0.1, 0.15) is 40.5 Å². The fourth-order valence-corrected chi connectivity index (χ4v) is 2.27. The number of hydrogen-bond donors (Lipinski definition) is 2. The Kier molecular flexibility index (Phi) is 5.81. The van der Waals surface area contributed by atoms with Crippen molar-refractivity contribution in [2.45, 2.75) is 45.3 Å². The molecule has 0 radical (unpaired) electrons. The van der Waals surface area contributed by atoms with Crippen LogP contribution >= 0.6 is 25.5 Å². The Morgan fingerprint density at radius 2 is 1.93 bits per heavy atom. The van der Waals surface area contributed by atoms with E-state index in [9.17, 15) is 4.79 Å². The van der Waals surface area contributed by atoms with Crippen LogP contribution in [0, 0.1) is 5.41 Å². The van der Waals surface area contributed by atoms with Crippen LogP contribution in [0.5, 0.6) is 0 Å². The smallest absolute Gasteiger partial charge is 0.323 e. The van der Waals surface area contributed by atoms with Gasteiger partial charge in [0.25, 0.3) is 0 Å². The first kappa shape index (κ1) is 14.9. The lowest BCUT2D eigenvalue weighted by atomic mass is 9.83. The van der Waals surface area contributed by atoms with E-state index in [0.717, 1.165) is 6.42 Å². The van der Waals surface area contributed by atoms with E-state index in [0.29, 0.717) is 6.42 Å². The van der Waals surface area contributed by atoms with Gasteiger partial charge < -0.3 is 4.18 Å². The molecule has 0 aromatic carbocycles. The van der Waals surface area contributed by atoms with E-state index in [1.807, 2.05) is 26.8 Å². The average molecular weight is 248 g/mol. The number of thiol groups is 2.